The van der Waals surface area contributed by atoms with Crippen molar-refractivity contribution >= 4 is 11.5 Å². The van der Waals surface area contributed by atoms with Crippen molar-refractivity contribution in [1.29, 1.82) is 0 Å². The Morgan fingerprint density at radius 3 is 2.62 bits per heavy atom. The van der Waals surface area contributed by atoms with E-state index in [0.717, 1.165) is 43.6 Å². The van der Waals surface area contributed by atoms with Gasteiger partial charge in [-0.15, -0.1) is 5.10 Å². The second kappa shape index (κ2) is 6.69. The largest absolute Gasteiger partial charge is 0.373 e. The smallest absolute Gasteiger partial charge is 0.153 e. The summed E-state index contributed by atoms with van der Waals surface area (Å²) in [6, 6.07) is 4.14. The van der Waals surface area contributed by atoms with E-state index in [1.165, 1.54) is 19.4 Å². The van der Waals surface area contributed by atoms with E-state index >= 15 is 0 Å². The fourth-order valence-corrected chi connectivity index (χ4v) is 4.12. The van der Waals surface area contributed by atoms with Gasteiger partial charge >= 0.3 is 0 Å². The predicted molar refractivity (Wildman–Crippen MR) is 94.4 cm³/mol. The van der Waals surface area contributed by atoms with E-state index in [1.54, 1.807) is 6.20 Å². The van der Waals surface area contributed by atoms with E-state index in [9.17, 15) is 0 Å². The van der Waals surface area contributed by atoms with Gasteiger partial charge in [0.15, 0.2) is 5.65 Å². The molecule has 0 saturated carbocycles. The molecule has 130 valence electrons. The molecule has 0 aliphatic carbocycles. The molecule has 0 amide bonds. The van der Waals surface area contributed by atoms with Gasteiger partial charge in [-0.05, 0) is 44.7 Å². The van der Waals surface area contributed by atoms with Gasteiger partial charge in [-0.2, -0.15) is 0 Å². The molecule has 0 bridgehead atoms. The molecule has 6 nitrogen and oxygen atoms in total. The first-order chi connectivity index (χ1) is 11.7. The van der Waals surface area contributed by atoms with Crippen LogP contribution in [0.5, 0.6) is 0 Å². The van der Waals surface area contributed by atoms with Crippen LogP contribution >= 0.6 is 0 Å². The Hall–Kier alpha value is -1.66. The van der Waals surface area contributed by atoms with Crippen LogP contribution in [0.3, 0.4) is 0 Å². The van der Waals surface area contributed by atoms with E-state index in [4.69, 9.17) is 4.74 Å². The minimum Gasteiger partial charge on any atom is -0.373 e. The molecule has 4 rings (SSSR count). The third kappa shape index (κ3) is 3.39. The van der Waals surface area contributed by atoms with E-state index in [0.29, 0.717) is 12.2 Å². The monoisotopic (exact) mass is 329 g/mol. The third-order valence-corrected chi connectivity index (χ3v) is 5.19. The van der Waals surface area contributed by atoms with Gasteiger partial charge in [-0.3, -0.25) is 4.90 Å². The summed E-state index contributed by atoms with van der Waals surface area (Å²) < 4.78 is 7.70. The van der Waals surface area contributed by atoms with Gasteiger partial charge in [0.25, 0.3) is 0 Å². The maximum Gasteiger partial charge on any atom is 0.153 e. The summed E-state index contributed by atoms with van der Waals surface area (Å²) in [4.78, 5) is 9.26. The minimum absolute atomic E-state index is 0.361. The Bertz CT molecular complexity index is 669. The quantitative estimate of drug-likeness (QED) is 0.862. The van der Waals surface area contributed by atoms with Crippen LogP contribution in [0.2, 0.25) is 0 Å². The standard InChI is InChI=1S/C18H27N5O/c1-14-11-21(12-15(2)24-14)13-16-5-8-22(9-6-16)18-4-3-17-19-7-10-23(17)20-18/h3-4,7,10,14-16H,5-6,8-9,11-13H2,1-2H3/t14-,15-/m0/s1. The second-order valence-electron chi connectivity index (χ2n) is 7.33. The summed E-state index contributed by atoms with van der Waals surface area (Å²) in [6.45, 7) is 9.90. The van der Waals surface area contributed by atoms with Gasteiger partial charge in [-0.1, -0.05) is 0 Å². The highest BCUT2D eigenvalue weighted by Crippen LogP contribution is 2.24. The van der Waals surface area contributed by atoms with Crippen LogP contribution in [0.4, 0.5) is 5.82 Å². The summed E-state index contributed by atoms with van der Waals surface area (Å²) in [7, 11) is 0. The third-order valence-electron chi connectivity index (χ3n) is 5.19. The lowest BCUT2D eigenvalue weighted by molar-refractivity contribution is -0.0720. The molecular weight excluding hydrogens is 302 g/mol. The number of nitrogens with zero attached hydrogens (tertiary/aromatic N) is 5. The predicted octanol–water partition coefficient (Wildman–Crippen LogP) is 2.05. The van der Waals surface area contributed by atoms with Crippen molar-refractivity contribution in [3.63, 3.8) is 0 Å². The molecule has 2 saturated heterocycles. The van der Waals surface area contributed by atoms with Gasteiger partial charge in [0.1, 0.15) is 5.82 Å². The molecule has 6 heteroatoms. The number of morpholine rings is 1. The van der Waals surface area contributed by atoms with Crippen LogP contribution in [0, 0.1) is 5.92 Å². The maximum atomic E-state index is 5.84. The molecule has 2 aliphatic heterocycles. The molecule has 0 N–H and O–H groups in total. The summed E-state index contributed by atoms with van der Waals surface area (Å²) >= 11 is 0. The number of fused-ring (bicyclic) bond motifs is 1. The van der Waals surface area contributed by atoms with Gasteiger partial charge < -0.3 is 9.64 Å². The molecule has 2 aliphatic rings. The molecule has 0 aromatic carbocycles. The number of rotatable bonds is 3. The number of imidazole rings is 1. The average molecular weight is 329 g/mol. The molecule has 2 atom stereocenters. The second-order valence-corrected chi connectivity index (χ2v) is 7.33. The van der Waals surface area contributed by atoms with E-state index in [-0.39, 0.29) is 0 Å². The normalized spacial score (nSPS) is 27.0. The van der Waals surface area contributed by atoms with Crippen molar-refractivity contribution in [2.45, 2.75) is 38.9 Å². The van der Waals surface area contributed by atoms with E-state index < -0.39 is 0 Å². The summed E-state index contributed by atoms with van der Waals surface area (Å²) in [5.74, 6) is 1.85. The highest BCUT2D eigenvalue weighted by Gasteiger charge is 2.27. The first kappa shape index (κ1) is 15.8. The fraction of sp³-hybridized carbons (Fsp3) is 0.667. The van der Waals surface area contributed by atoms with Crippen LogP contribution in [-0.4, -0.2) is 64.4 Å². The molecule has 2 aromatic heterocycles. The lowest BCUT2D eigenvalue weighted by atomic mass is 9.95. The Balaban J connectivity index is 1.33. The molecule has 0 spiro atoms. The number of anilines is 1. The molecule has 2 fully saturated rings. The Kier molecular flexibility index (Phi) is 4.41. The Morgan fingerprint density at radius 1 is 1.12 bits per heavy atom. The van der Waals surface area contributed by atoms with Crippen molar-refractivity contribution in [1.82, 2.24) is 19.5 Å². The first-order valence-electron chi connectivity index (χ1n) is 9.10. The summed E-state index contributed by atoms with van der Waals surface area (Å²) in [5.41, 5.74) is 0.907. The number of aromatic nitrogens is 3. The van der Waals surface area contributed by atoms with Crippen LogP contribution in [-0.2, 0) is 4.74 Å². The SMILES string of the molecule is C[C@H]1CN(CC2CCN(c3ccc4nccn4n3)CC2)C[C@H](C)O1. The molecule has 0 unspecified atom stereocenters. The zero-order valence-electron chi connectivity index (χ0n) is 14.6. The highest BCUT2D eigenvalue weighted by atomic mass is 16.5. The average Bonchev–Trinajstić information content (AvgIpc) is 3.02. The van der Waals surface area contributed by atoms with Crippen LogP contribution in [0.25, 0.3) is 5.65 Å². The van der Waals surface area contributed by atoms with Crippen molar-refractivity contribution in [2.75, 3.05) is 37.6 Å². The number of hydrogen-bond donors (Lipinski definition) is 0. The molecule has 24 heavy (non-hydrogen) atoms. The number of hydrogen-bond acceptors (Lipinski definition) is 5. The molecule has 2 aromatic rings. The number of piperidine rings is 1. The van der Waals surface area contributed by atoms with Crippen molar-refractivity contribution in [3.8, 4) is 0 Å². The fourth-order valence-electron chi connectivity index (χ4n) is 4.12. The van der Waals surface area contributed by atoms with Crippen LogP contribution in [0.15, 0.2) is 24.5 Å². The molecule has 0 radical (unpaired) electrons. The minimum atomic E-state index is 0.361. The zero-order valence-corrected chi connectivity index (χ0v) is 14.6. The van der Waals surface area contributed by atoms with Gasteiger partial charge in [0.05, 0.1) is 12.2 Å². The van der Waals surface area contributed by atoms with Crippen LogP contribution < -0.4 is 4.90 Å². The van der Waals surface area contributed by atoms with Crippen molar-refractivity contribution < 1.29 is 4.74 Å². The van der Waals surface area contributed by atoms with Gasteiger partial charge in [0.2, 0.25) is 0 Å². The van der Waals surface area contributed by atoms with E-state index in [1.807, 2.05) is 16.8 Å². The Morgan fingerprint density at radius 2 is 1.88 bits per heavy atom. The first-order valence-corrected chi connectivity index (χ1v) is 9.10. The molecular formula is C18H27N5O. The van der Waals surface area contributed by atoms with Crippen molar-refractivity contribution in [2.24, 2.45) is 5.92 Å². The summed E-state index contributed by atoms with van der Waals surface area (Å²) in [5, 5.41) is 4.67. The lowest BCUT2D eigenvalue weighted by Crippen LogP contribution is -2.48. The van der Waals surface area contributed by atoms with Gasteiger partial charge in [0, 0.05) is 45.1 Å². The summed E-state index contributed by atoms with van der Waals surface area (Å²) in [6.07, 6.45) is 6.91. The van der Waals surface area contributed by atoms with Gasteiger partial charge in [-0.25, -0.2) is 9.50 Å². The van der Waals surface area contributed by atoms with Crippen LogP contribution in [0.1, 0.15) is 26.7 Å². The van der Waals surface area contributed by atoms with Crippen molar-refractivity contribution in [3.05, 3.63) is 24.5 Å². The maximum absolute atomic E-state index is 5.84. The zero-order chi connectivity index (χ0) is 16.5. The van der Waals surface area contributed by atoms with E-state index in [2.05, 4.69) is 39.8 Å². The lowest BCUT2D eigenvalue weighted by Gasteiger charge is -2.39. The number of ether oxygens (including phenoxy) is 1. The topological polar surface area (TPSA) is 45.9 Å². The Labute approximate surface area is 143 Å². The molecule has 4 heterocycles. The highest BCUT2D eigenvalue weighted by molar-refractivity contribution is 5.45.